The van der Waals surface area contributed by atoms with Crippen LogP contribution < -0.4 is 10.5 Å². The fraction of sp³-hybridized carbons (Fsp3) is 0.545. The summed E-state index contributed by atoms with van der Waals surface area (Å²) in [5, 5.41) is 3.95. The van der Waals surface area contributed by atoms with Crippen molar-refractivity contribution in [2.75, 3.05) is 12.3 Å². The summed E-state index contributed by atoms with van der Waals surface area (Å²) in [6.07, 6.45) is 7.86. The minimum atomic E-state index is 0.113. The van der Waals surface area contributed by atoms with Crippen molar-refractivity contribution < 1.29 is 4.74 Å². The second-order valence-corrected chi connectivity index (χ2v) is 4.58. The molecule has 0 bridgehead atoms. The highest BCUT2D eigenvalue weighted by Crippen LogP contribution is 2.25. The minimum absolute atomic E-state index is 0.113. The van der Waals surface area contributed by atoms with Crippen molar-refractivity contribution in [1.29, 1.82) is 0 Å². The van der Waals surface area contributed by atoms with E-state index in [-0.39, 0.29) is 12.0 Å². The van der Waals surface area contributed by atoms with E-state index in [1.165, 1.54) is 43.0 Å². The second kappa shape index (κ2) is 5.17. The fourth-order valence-corrected chi connectivity index (χ4v) is 2.21. The fourth-order valence-electron chi connectivity index (χ4n) is 2.21. The smallest absolute Gasteiger partial charge is 0.323 e. The molecule has 0 saturated heterocycles. The first-order chi connectivity index (χ1) is 9.31. The number of hydrogen-bond acceptors (Lipinski definition) is 7. The number of nitrogen functional groups attached to an aromatic ring is 1. The zero-order valence-corrected chi connectivity index (χ0v) is 10.4. The van der Waals surface area contributed by atoms with E-state index in [1.54, 1.807) is 0 Å². The average Bonchev–Trinajstić information content (AvgIpc) is 3.09. The van der Waals surface area contributed by atoms with Gasteiger partial charge in [0.15, 0.2) is 0 Å². The van der Waals surface area contributed by atoms with Gasteiger partial charge in [0.25, 0.3) is 5.95 Å². The molecule has 3 rings (SSSR count). The van der Waals surface area contributed by atoms with Crippen LogP contribution in [0, 0.1) is 5.92 Å². The molecule has 0 unspecified atom stereocenters. The van der Waals surface area contributed by atoms with Gasteiger partial charge in [0.1, 0.15) is 12.7 Å². The van der Waals surface area contributed by atoms with Crippen molar-refractivity contribution in [1.82, 2.24) is 29.7 Å². The Bertz CT molecular complexity index is 536. The van der Waals surface area contributed by atoms with E-state index in [1.807, 2.05) is 0 Å². The highest BCUT2D eigenvalue weighted by Gasteiger charge is 2.17. The second-order valence-electron chi connectivity index (χ2n) is 4.58. The van der Waals surface area contributed by atoms with Crippen molar-refractivity contribution in [3.05, 3.63) is 12.7 Å². The Kier molecular flexibility index (Phi) is 3.21. The number of nitrogens with zero attached hydrogens (tertiary/aromatic N) is 6. The van der Waals surface area contributed by atoms with Crippen molar-refractivity contribution in [3.63, 3.8) is 0 Å². The van der Waals surface area contributed by atoms with Crippen molar-refractivity contribution >= 4 is 5.95 Å². The van der Waals surface area contributed by atoms with Crippen molar-refractivity contribution in [3.8, 4) is 12.0 Å². The van der Waals surface area contributed by atoms with Crippen LogP contribution >= 0.6 is 0 Å². The van der Waals surface area contributed by atoms with Gasteiger partial charge in [-0.1, -0.05) is 12.8 Å². The molecule has 100 valence electrons. The Hall–Kier alpha value is -2.25. The molecule has 2 aromatic rings. The predicted octanol–water partition coefficient (Wildman–Crippen LogP) is 0.603. The molecule has 0 radical (unpaired) electrons. The van der Waals surface area contributed by atoms with Gasteiger partial charge in [-0.2, -0.15) is 24.7 Å². The molecule has 1 saturated carbocycles. The van der Waals surface area contributed by atoms with Crippen LogP contribution in [0.25, 0.3) is 5.95 Å². The lowest BCUT2D eigenvalue weighted by Crippen LogP contribution is -2.13. The number of aromatic nitrogens is 6. The van der Waals surface area contributed by atoms with Gasteiger partial charge >= 0.3 is 6.01 Å². The molecular formula is C11H15N7O. The molecule has 19 heavy (non-hydrogen) atoms. The van der Waals surface area contributed by atoms with Crippen LogP contribution in [0.1, 0.15) is 25.7 Å². The first kappa shape index (κ1) is 11.8. The zero-order chi connectivity index (χ0) is 13.1. The Morgan fingerprint density at radius 3 is 2.84 bits per heavy atom. The number of ether oxygens (including phenoxy) is 1. The van der Waals surface area contributed by atoms with E-state index < -0.39 is 0 Å². The van der Waals surface area contributed by atoms with Crippen LogP contribution in [-0.2, 0) is 0 Å². The number of hydrogen-bond donors (Lipinski definition) is 1. The lowest BCUT2D eigenvalue weighted by atomic mass is 10.1. The molecule has 1 fully saturated rings. The summed E-state index contributed by atoms with van der Waals surface area (Å²) >= 11 is 0. The van der Waals surface area contributed by atoms with Crippen molar-refractivity contribution in [2.24, 2.45) is 5.92 Å². The lowest BCUT2D eigenvalue weighted by molar-refractivity contribution is 0.233. The first-order valence-electron chi connectivity index (χ1n) is 6.30. The van der Waals surface area contributed by atoms with Gasteiger partial charge in [0.2, 0.25) is 5.95 Å². The molecule has 0 aromatic carbocycles. The van der Waals surface area contributed by atoms with Crippen LogP contribution in [0.2, 0.25) is 0 Å². The molecule has 1 aliphatic rings. The summed E-state index contributed by atoms with van der Waals surface area (Å²) < 4.78 is 7.02. The minimum Gasteiger partial charge on any atom is -0.463 e. The third-order valence-corrected chi connectivity index (χ3v) is 3.17. The lowest BCUT2D eigenvalue weighted by Gasteiger charge is -2.10. The highest BCUT2D eigenvalue weighted by atomic mass is 16.5. The molecule has 2 heterocycles. The van der Waals surface area contributed by atoms with Gasteiger partial charge in [-0.15, -0.1) is 0 Å². The first-order valence-corrected chi connectivity index (χ1v) is 6.30. The van der Waals surface area contributed by atoms with E-state index in [4.69, 9.17) is 10.5 Å². The maximum absolute atomic E-state index is 5.65. The Labute approximate surface area is 110 Å². The van der Waals surface area contributed by atoms with E-state index in [2.05, 4.69) is 25.0 Å². The normalized spacial score (nSPS) is 15.8. The van der Waals surface area contributed by atoms with Gasteiger partial charge in [-0.3, -0.25) is 0 Å². The molecule has 2 N–H and O–H groups in total. The SMILES string of the molecule is Nc1nc(OCC2CCCC2)nc(-n2cncn2)n1. The Morgan fingerprint density at radius 2 is 2.11 bits per heavy atom. The number of nitrogens with two attached hydrogens (primary N) is 1. The molecule has 0 aliphatic heterocycles. The molecule has 0 amide bonds. The van der Waals surface area contributed by atoms with Gasteiger partial charge in [-0.25, -0.2) is 4.98 Å². The van der Waals surface area contributed by atoms with Gasteiger partial charge in [0, 0.05) is 0 Å². The van der Waals surface area contributed by atoms with E-state index in [9.17, 15) is 0 Å². The Balaban J connectivity index is 1.74. The summed E-state index contributed by atoms with van der Waals surface area (Å²) in [4.78, 5) is 16.0. The summed E-state index contributed by atoms with van der Waals surface area (Å²) in [5.74, 6) is 1.01. The van der Waals surface area contributed by atoms with Gasteiger partial charge in [0.05, 0.1) is 6.61 Å². The maximum atomic E-state index is 5.65. The van der Waals surface area contributed by atoms with E-state index >= 15 is 0 Å². The quantitative estimate of drug-likeness (QED) is 0.859. The summed E-state index contributed by atoms with van der Waals surface area (Å²) in [5.41, 5.74) is 5.65. The largest absolute Gasteiger partial charge is 0.463 e. The number of anilines is 1. The summed E-state index contributed by atoms with van der Waals surface area (Å²) in [6, 6.07) is 0.241. The molecule has 8 heteroatoms. The highest BCUT2D eigenvalue weighted by molar-refractivity contribution is 5.23. The summed E-state index contributed by atoms with van der Waals surface area (Å²) in [6.45, 7) is 0.625. The van der Waals surface area contributed by atoms with E-state index in [0.29, 0.717) is 18.5 Å². The molecule has 2 aromatic heterocycles. The van der Waals surface area contributed by atoms with E-state index in [0.717, 1.165) is 0 Å². The Morgan fingerprint density at radius 1 is 1.26 bits per heavy atom. The maximum Gasteiger partial charge on any atom is 0.323 e. The zero-order valence-electron chi connectivity index (χ0n) is 10.4. The van der Waals surface area contributed by atoms with Gasteiger partial charge < -0.3 is 10.5 Å². The van der Waals surface area contributed by atoms with Crippen LogP contribution in [-0.4, -0.2) is 36.3 Å². The van der Waals surface area contributed by atoms with Crippen LogP contribution in [0.15, 0.2) is 12.7 Å². The molecule has 1 aliphatic carbocycles. The topological polar surface area (TPSA) is 105 Å². The number of rotatable bonds is 4. The standard InChI is InChI=1S/C11H15N7O/c12-9-15-10(18-7-13-6-14-18)17-11(16-9)19-5-8-3-1-2-4-8/h6-8H,1-5H2,(H2,12,15,16,17). The molecular weight excluding hydrogens is 246 g/mol. The third kappa shape index (κ3) is 2.78. The molecule has 0 atom stereocenters. The van der Waals surface area contributed by atoms with Crippen LogP contribution in [0.3, 0.4) is 0 Å². The molecule has 0 spiro atoms. The predicted molar refractivity (Wildman–Crippen MR) is 66.6 cm³/mol. The average molecular weight is 261 g/mol. The van der Waals surface area contributed by atoms with Crippen LogP contribution in [0.5, 0.6) is 6.01 Å². The van der Waals surface area contributed by atoms with Crippen LogP contribution in [0.4, 0.5) is 5.95 Å². The summed E-state index contributed by atoms with van der Waals surface area (Å²) in [7, 11) is 0. The third-order valence-electron chi connectivity index (χ3n) is 3.17. The molecule has 8 nitrogen and oxygen atoms in total. The van der Waals surface area contributed by atoms with Crippen molar-refractivity contribution in [2.45, 2.75) is 25.7 Å². The monoisotopic (exact) mass is 261 g/mol. The van der Waals surface area contributed by atoms with Gasteiger partial charge in [-0.05, 0) is 18.8 Å².